The van der Waals surface area contributed by atoms with E-state index in [9.17, 15) is 4.79 Å². The fraction of sp³-hybridized carbons (Fsp3) is 0.706. The van der Waals surface area contributed by atoms with Crippen molar-refractivity contribution in [2.75, 3.05) is 30.4 Å². The van der Waals surface area contributed by atoms with Crippen molar-refractivity contribution in [1.82, 2.24) is 15.3 Å². The average Bonchev–Trinajstić information content (AvgIpc) is 2.99. The smallest absolute Gasteiger partial charge is 0.228 e. The molecule has 3 rings (SSSR count). The third-order valence-corrected chi connectivity index (χ3v) is 5.38. The second kappa shape index (κ2) is 7.13. The largest absolute Gasteiger partial charge is 0.357 e. The lowest BCUT2D eigenvalue weighted by atomic mass is 9.87. The third kappa shape index (κ3) is 3.74. The van der Waals surface area contributed by atoms with Crippen LogP contribution in [0.4, 0.5) is 11.8 Å². The lowest BCUT2D eigenvalue weighted by Gasteiger charge is -2.29. The fourth-order valence-corrected chi connectivity index (χ4v) is 3.81. The first-order valence-electron chi connectivity index (χ1n) is 8.78. The van der Waals surface area contributed by atoms with Crippen molar-refractivity contribution in [3.05, 3.63) is 11.2 Å². The van der Waals surface area contributed by atoms with Crippen molar-refractivity contribution in [2.24, 2.45) is 5.41 Å². The first-order valence-corrected chi connectivity index (χ1v) is 9.16. The molecular formula is C17H26ClN5O. The summed E-state index contributed by atoms with van der Waals surface area (Å²) in [5.74, 6) is 1.44. The second-order valence-electron chi connectivity index (χ2n) is 7.16. The summed E-state index contributed by atoms with van der Waals surface area (Å²) in [5.41, 5.74) is -0.380. The Morgan fingerprint density at radius 1 is 1.33 bits per heavy atom. The van der Waals surface area contributed by atoms with Gasteiger partial charge in [0.05, 0.1) is 5.41 Å². The first kappa shape index (κ1) is 17.3. The van der Waals surface area contributed by atoms with Crippen molar-refractivity contribution >= 4 is 29.3 Å². The molecule has 0 aromatic carbocycles. The molecule has 7 heteroatoms. The maximum atomic E-state index is 12.8. The van der Waals surface area contributed by atoms with Crippen molar-refractivity contribution in [3.63, 3.8) is 0 Å². The number of carbonyl (C=O) groups is 1. The Labute approximate surface area is 148 Å². The molecule has 24 heavy (non-hydrogen) atoms. The van der Waals surface area contributed by atoms with Gasteiger partial charge >= 0.3 is 0 Å². The minimum atomic E-state index is -0.380. The summed E-state index contributed by atoms with van der Waals surface area (Å²) in [4.78, 5) is 23.5. The minimum absolute atomic E-state index is 0.172. The Kier molecular flexibility index (Phi) is 5.13. The summed E-state index contributed by atoms with van der Waals surface area (Å²) in [6.07, 6.45) is 6.78. The van der Waals surface area contributed by atoms with Crippen molar-refractivity contribution < 1.29 is 4.79 Å². The third-order valence-electron chi connectivity index (χ3n) is 5.19. The predicted octanol–water partition coefficient (Wildman–Crippen LogP) is 2.84. The molecule has 1 atom stereocenters. The van der Waals surface area contributed by atoms with Crippen LogP contribution < -0.4 is 15.5 Å². The summed E-state index contributed by atoms with van der Waals surface area (Å²) in [6, 6.07) is 2.11. The lowest BCUT2D eigenvalue weighted by Crippen LogP contribution is -2.46. The standard InChI is InChI=1S/C17H26ClN5O/c1-17(15(24)20-12-6-4-3-5-7-12)8-9-23(11-17)14-10-13(18)21-16(19-2)22-14/h10,12H,3-9,11H2,1-2H3,(H,20,24)(H,19,21,22)/t17-/m1/s1. The second-order valence-corrected chi connectivity index (χ2v) is 7.55. The van der Waals surface area contributed by atoms with E-state index in [1.165, 1.54) is 19.3 Å². The average molecular weight is 352 g/mol. The van der Waals surface area contributed by atoms with E-state index in [-0.39, 0.29) is 11.3 Å². The van der Waals surface area contributed by atoms with E-state index >= 15 is 0 Å². The van der Waals surface area contributed by atoms with Crippen LogP contribution in [-0.2, 0) is 4.79 Å². The van der Waals surface area contributed by atoms with Crippen molar-refractivity contribution in [2.45, 2.75) is 51.5 Å². The van der Waals surface area contributed by atoms with Gasteiger partial charge in [-0.25, -0.2) is 4.98 Å². The molecule has 1 saturated carbocycles. The number of hydrogen-bond acceptors (Lipinski definition) is 5. The van der Waals surface area contributed by atoms with Crippen LogP contribution in [0.1, 0.15) is 45.4 Å². The maximum Gasteiger partial charge on any atom is 0.228 e. The van der Waals surface area contributed by atoms with Gasteiger partial charge in [0.15, 0.2) is 0 Å². The van der Waals surface area contributed by atoms with Crippen LogP contribution in [0, 0.1) is 5.41 Å². The number of nitrogens with zero attached hydrogens (tertiary/aromatic N) is 3. The number of aromatic nitrogens is 2. The van der Waals surface area contributed by atoms with Gasteiger partial charge in [0.2, 0.25) is 11.9 Å². The fourth-order valence-electron chi connectivity index (χ4n) is 3.63. The highest BCUT2D eigenvalue weighted by Gasteiger charge is 2.41. The summed E-state index contributed by atoms with van der Waals surface area (Å²) < 4.78 is 0. The summed E-state index contributed by atoms with van der Waals surface area (Å²) in [7, 11) is 1.77. The Morgan fingerprint density at radius 2 is 2.08 bits per heavy atom. The number of anilines is 2. The van der Waals surface area contributed by atoms with Gasteiger partial charge in [0, 0.05) is 32.2 Å². The molecule has 1 aliphatic heterocycles. The van der Waals surface area contributed by atoms with Crippen LogP contribution in [0.25, 0.3) is 0 Å². The molecule has 0 unspecified atom stereocenters. The number of amides is 1. The molecule has 1 amide bonds. The molecule has 1 saturated heterocycles. The monoisotopic (exact) mass is 351 g/mol. The van der Waals surface area contributed by atoms with Crippen LogP contribution in [0.5, 0.6) is 0 Å². The Bertz CT molecular complexity index is 605. The van der Waals surface area contributed by atoms with Gasteiger partial charge in [-0.3, -0.25) is 4.79 Å². The quantitative estimate of drug-likeness (QED) is 0.816. The Morgan fingerprint density at radius 3 is 2.79 bits per heavy atom. The molecule has 1 aliphatic carbocycles. The molecule has 1 aromatic rings. The highest BCUT2D eigenvalue weighted by atomic mass is 35.5. The van der Waals surface area contributed by atoms with Crippen LogP contribution in [-0.4, -0.2) is 42.1 Å². The molecular weight excluding hydrogens is 326 g/mol. The first-order chi connectivity index (χ1) is 11.5. The van der Waals surface area contributed by atoms with E-state index < -0.39 is 0 Å². The SMILES string of the molecule is CNc1nc(Cl)cc(N2CC[C@@](C)(C(=O)NC3CCCCC3)C2)n1. The van der Waals surface area contributed by atoms with Crippen LogP contribution in [0.2, 0.25) is 5.15 Å². The number of rotatable bonds is 4. The van der Waals surface area contributed by atoms with Crippen LogP contribution in [0.15, 0.2) is 6.07 Å². The zero-order chi connectivity index (χ0) is 17.2. The molecule has 2 aliphatic rings. The number of nitrogens with one attached hydrogen (secondary N) is 2. The Balaban J connectivity index is 1.66. The van der Waals surface area contributed by atoms with E-state index in [0.29, 0.717) is 23.7 Å². The van der Waals surface area contributed by atoms with Crippen LogP contribution >= 0.6 is 11.6 Å². The van der Waals surface area contributed by atoms with Crippen LogP contribution in [0.3, 0.4) is 0 Å². The summed E-state index contributed by atoms with van der Waals surface area (Å²) in [6.45, 7) is 3.50. The highest BCUT2D eigenvalue weighted by Crippen LogP contribution is 2.34. The van der Waals surface area contributed by atoms with E-state index in [2.05, 4.69) is 25.5 Å². The van der Waals surface area contributed by atoms with Crippen molar-refractivity contribution in [3.8, 4) is 0 Å². The molecule has 2 heterocycles. The molecule has 2 fully saturated rings. The topological polar surface area (TPSA) is 70.2 Å². The van der Waals surface area contributed by atoms with Gasteiger partial charge in [0.25, 0.3) is 0 Å². The lowest BCUT2D eigenvalue weighted by molar-refractivity contribution is -0.130. The molecule has 0 spiro atoms. The number of hydrogen-bond donors (Lipinski definition) is 2. The van der Waals surface area contributed by atoms with E-state index in [1.54, 1.807) is 13.1 Å². The number of halogens is 1. The maximum absolute atomic E-state index is 12.8. The van der Waals surface area contributed by atoms with E-state index in [4.69, 9.17) is 11.6 Å². The van der Waals surface area contributed by atoms with Gasteiger partial charge in [-0.05, 0) is 26.2 Å². The van der Waals surface area contributed by atoms with Gasteiger partial charge in [-0.15, -0.1) is 0 Å². The normalized spacial score (nSPS) is 24.9. The zero-order valence-electron chi connectivity index (χ0n) is 14.4. The van der Waals surface area contributed by atoms with Gasteiger partial charge in [0.1, 0.15) is 11.0 Å². The van der Waals surface area contributed by atoms with Gasteiger partial charge in [-0.2, -0.15) is 4.98 Å². The minimum Gasteiger partial charge on any atom is -0.357 e. The molecule has 2 N–H and O–H groups in total. The molecule has 1 aromatic heterocycles. The predicted molar refractivity (Wildman–Crippen MR) is 96.5 cm³/mol. The highest BCUT2D eigenvalue weighted by molar-refractivity contribution is 6.29. The summed E-state index contributed by atoms with van der Waals surface area (Å²) >= 11 is 6.07. The van der Waals surface area contributed by atoms with Gasteiger partial charge in [-0.1, -0.05) is 30.9 Å². The molecule has 0 radical (unpaired) electrons. The Hall–Kier alpha value is -1.56. The molecule has 0 bridgehead atoms. The molecule has 6 nitrogen and oxygen atoms in total. The zero-order valence-corrected chi connectivity index (χ0v) is 15.2. The van der Waals surface area contributed by atoms with Crippen molar-refractivity contribution in [1.29, 1.82) is 0 Å². The van der Waals surface area contributed by atoms with E-state index in [1.807, 2.05) is 6.92 Å². The summed E-state index contributed by atoms with van der Waals surface area (Å²) in [5, 5.41) is 6.59. The van der Waals surface area contributed by atoms with Gasteiger partial charge < -0.3 is 15.5 Å². The number of carbonyl (C=O) groups excluding carboxylic acids is 1. The van der Waals surface area contributed by atoms with E-state index in [0.717, 1.165) is 31.6 Å². The molecule has 132 valence electrons.